The number of benzene rings is 3. The van der Waals surface area contributed by atoms with Gasteiger partial charge in [0.05, 0.1) is 17.1 Å². The van der Waals surface area contributed by atoms with E-state index in [1.165, 1.54) is 0 Å². The number of hydrogen-bond acceptors (Lipinski definition) is 3. The van der Waals surface area contributed by atoms with Crippen molar-refractivity contribution in [2.45, 2.75) is 11.9 Å². The van der Waals surface area contributed by atoms with Crippen LogP contribution in [-0.4, -0.2) is 26.3 Å². The number of halogens is 2. The molecule has 4 nitrogen and oxygen atoms in total. The van der Waals surface area contributed by atoms with Crippen molar-refractivity contribution >= 4 is 40.9 Å². The summed E-state index contributed by atoms with van der Waals surface area (Å²) in [5, 5.41) is 6.13. The lowest BCUT2D eigenvalue weighted by Crippen LogP contribution is -2.27. The Balaban J connectivity index is 1.57. The molecule has 1 amide bonds. The van der Waals surface area contributed by atoms with Crippen molar-refractivity contribution in [2.24, 2.45) is 0 Å². The van der Waals surface area contributed by atoms with E-state index >= 15 is 0 Å². The number of rotatable bonds is 5. The topological polar surface area (TPSA) is 38.1 Å². The molecule has 1 atom stereocenters. The normalized spacial score (nSPS) is 16.0. The summed E-state index contributed by atoms with van der Waals surface area (Å²) < 4.78 is 1.88. The van der Waals surface area contributed by atoms with E-state index in [1.807, 2.05) is 94.6 Å². The van der Waals surface area contributed by atoms with Gasteiger partial charge in [-0.3, -0.25) is 4.79 Å². The fourth-order valence-corrected chi connectivity index (χ4v) is 5.22. The van der Waals surface area contributed by atoms with Crippen LogP contribution in [0.1, 0.15) is 16.5 Å². The lowest BCUT2D eigenvalue weighted by atomic mass is 10.1. The molecule has 7 heteroatoms. The van der Waals surface area contributed by atoms with Crippen LogP contribution in [0, 0.1) is 0 Å². The predicted octanol–water partition coefficient (Wildman–Crippen LogP) is 6.62. The fraction of sp³-hybridized carbons (Fsp3) is 0.120. The Kier molecular flexibility index (Phi) is 5.96. The maximum absolute atomic E-state index is 12.8. The summed E-state index contributed by atoms with van der Waals surface area (Å²) in [6, 6.07) is 25.3. The second kappa shape index (κ2) is 9.02. The molecule has 1 aliphatic heterocycles. The van der Waals surface area contributed by atoms with E-state index in [0.717, 1.165) is 28.1 Å². The molecule has 0 bridgehead atoms. The average molecular weight is 480 g/mol. The molecular weight excluding hydrogens is 461 g/mol. The van der Waals surface area contributed by atoms with Crippen LogP contribution in [0.4, 0.5) is 0 Å². The predicted molar refractivity (Wildman–Crippen MR) is 131 cm³/mol. The number of nitrogens with zero attached hydrogens (tertiary/aromatic N) is 3. The first-order chi connectivity index (χ1) is 15.6. The molecule has 0 aliphatic carbocycles. The van der Waals surface area contributed by atoms with Crippen molar-refractivity contribution in [3.63, 3.8) is 0 Å². The Hall–Kier alpha value is -2.73. The van der Waals surface area contributed by atoms with Gasteiger partial charge in [-0.2, -0.15) is 5.10 Å². The summed E-state index contributed by atoms with van der Waals surface area (Å²) in [7, 11) is 0. The van der Waals surface area contributed by atoms with E-state index in [2.05, 4.69) is 0 Å². The van der Waals surface area contributed by atoms with Crippen molar-refractivity contribution in [2.75, 3.05) is 5.75 Å². The molecule has 1 saturated heterocycles. The van der Waals surface area contributed by atoms with Crippen molar-refractivity contribution in [1.82, 2.24) is 14.7 Å². The summed E-state index contributed by atoms with van der Waals surface area (Å²) >= 11 is 13.8. The molecule has 1 aliphatic rings. The first-order valence-corrected chi connectivity index (χ1v) is 12.0. The van der Waals surface area contributed by atoms with Crippen molar-refractivity contribution in [1.29, 1.82) is 0 Å². The van der Waals surface area contributed by atoms with E-state index < -0.39 is 0 Å². The van der Waals surface area contributed by atoms with Gasteiger partial charge in [0.25, 0.3) is 0 Å². The maximum Gasteiger partial charge on any atom is 0.234 e. The highest BCUT2D eigenvalue weighted by atomic mass is 35.5. The lowest BCUT2D eigenvalue weighted by molar-refractivity contribution is -0.128. The SMILES string of the molecule is O=C1CSC(c2cn(-c3ccccc3)nc2-c2ccc(Cl)cc2)N1Cc1ccc(Cl)cc1. The van der Waals surface area contributed by atoms with Gasteiger partial charge < -0.3 is 4.90 Å². The number of amides is 1. The largest absolute Gasteiger partial charge is 0.321 e. The quantitative estimate of drug-likeness (QED) is 0.322. The van der Waals surface area contributed by atoms with Crippen LogP contribution in [0.3, 0.4) is 0 Å². The molecule has 0 saturated carbocycles. The molecule has 5 rings (SSSR count). The van der Waals surface area contributed by atoms with Gasteiger partial charge in [0.1, 0.15) is 5.37 Å². The van der Waals surface area contributed by atoms with E-state index in [4.69, 9.17) is 28.3 Å². The second-order valence-corrected chi connectivity index (χ2v) is 9.47. The zero-order valence-electron chi connectivity index (χ0n) is 17.0. The molecule has 0 spiro atoms. The van der Waals surface area contributed by atoms with Gasteiger partial charge in [-0.05, 0) is 42.0 Å². The first-order valence-electron chi connectivity index (χ1n) is 10.1. The smallest absolute Gasteiger partial charge is 0.234 e. The second-order valence-electron chi connectivity index (χ2n) is 7.53. The monoisotopic (exact) mass is 479 g/mol. The first kappa shape index (κ1) is 21.1. The van der Waals surface area contributed by atoms with Gasteiger partial charge in [-0.15, -0.1) is 11.8 Å². The Labute approximate surface area is 200 Å². The van der Waals surface area contributed by atoms with E-state index in [-0.39, 0.29) is 11.3 Å². The zero-order valence-corrected chi connectivity index (χ0v) is 19.3. The summed E-state index contributed by atoms with van der Waals surface area (Å²) in [6.07, 6.45) is 2.03. The van der Waals surface area contributed by atoms with Crippen LogP contribution in [0.25, 0.3) is 16.9 Å². The van der Waals surface area contributed by atoms with E-state index in [1.54, 1.807) is 11.8 Å². The van der Waals surface area contributed by atoms with Crippen LogP contribution >= 0.6 is 35.0 Å². The van der Waals surface area contributed by atoms with Crippen LogP contribution in [0.5, 0.6) is 0 Å². The average Bonchev–Trinajstić information content (AvgIpc) is 3.40. The van der Waals surface area contributed by atoms with Crippen LogP contribution in [0.15, 0.2) is 85.1 Å². The van der Waals surface area contributed by atoms with E-state index in [9.17, 15) is 4.79 Å². The lowest BCUT2D eigenvalue weighted by Gasteiger charge is -2.24. The van der Waals surface area contributed by atoms with E-state index in [0.29, 0.717) is 22.3 Å². The highest BCUT2D eigenvalue weighted by molar-refractivity contribution is 8.00. The standard InChI is InChI=1S/C25H19Cl2N3OS/c26-19-10-6-17(7-11-19)14-29-23(31)16-32-25(29)22-15-30(21-4-2-1-3-5-21)28-24(22)18-8-12-20(27)13-9-18/h1-13,15,25H,14,16H2. The van der Waals surface area contributed by atoms with Gasteiger partial charge in [0, 0.05) is 33.9 Å². The number of carbonyl (C=O) groups is 1. The number of aromatic nitrogens is 2. The molecule has 160 valence electrons. The Bertz CT molecular complexity index is 1240. The van der Waals surface area contributed by atoms with Gasteiger partial charge in [-0.1, -0.05) is 65.7 Å². The van der Waals surface area contributed by atoms with Gasteiger partial charge in [-0.25, -0.2) is 4.68 Å². The highest BCUT2D eigenvalue weighted by Gasteiger charge is 2.35. The number of hydrogen-bond donors (Lipinski definition) is 0. The number of para-hydroxylation sites is 1. The van der Waals surface area contributed by atoms with Gasteiger partial charge in [0.15, 0.2) is 0 Å². The molecule has 1 aromatic heterocycles. The van der Waals surface area contributed by atoms with Gasteiger partial charge >= 0.3 is 0 Å². The minimum absolute atomic E-state index is 0.115. The number of carbonyl (C=O) groups excluding carboxylic acids is 1. The van der Waals surface area contributed by atoms with Crippen molar-refractivity contribution < 1.29 is 4.79 Å². The molecule has 2 heterocycles. The Morgan fingerprint density at radius 1 is 0.906 bits per heavy atom. The summed E-state index contributed by atoms with van der Waals surface area (Å²) in [5.74, 6) is 0.555. The summed E-state index contributed by atoms with van der Waals surface area (Å²) in [5.41, 5.74) is 4.82. The third-order valence-corrected chi connectivity index (χ3v) is 7.12. The van der Waals surface area contributed by atoms with Crippen LogP contribution in [0.2, 0.25) is 10.0 Å². The molecule has 1 unspecified atom stereocenters. The van der Waals surface area contributed by atoms with Crippen molar-refractivity contribution in [3.8, 4) is 16.9 Å². The Morgan fingerprint density at radius 3 is 2.25 bits per heavy atom. The third kappa shape index (κ3) is 4.29. The fourth-order valence-electron chi connectivity index (χ4n) is 3.78. The summed E-state index contributed by atoms with van der Waals surface area (Å²) in [4.78, 5) is 14.7. The van der Waals surface area contributed by atoms with Crippen molar-refractivity contribution in [3.05, 3.63) is 106 Å². The molecule has 32 heavy (non-hydrogen) atoms. The number of thioether (sulfide) groups is 1. The highest BCUT2D eigenvalue weighted by Crippen LogP contribution is 2.43. The molecule has 4 aromatic rings. The van der Waals surface area contributed by atoms with Gasteiger partial charge in [0.2, 0.25) is 5.91 Å². The molecular formula is C25H19Cl2N3OS. The zero-order chi connectivity index (χ0) is 22.1. The molecule has 0 N–H and O–H groups in total. The third-order valence-electron chi connectivity index (χ3n) is 5.38. The minimum Gasteiger partial charge on any atom is -0.321 e. The minimum atomic E-state index is -0.138. The Morgan fingerprint density at radius 2 is 1.56 bits per heavy atom. The van der Waals surface area contributed by atoms with Crippen LogP contribution < -0.4 is 0 Å². The molecule has 3 aromatic carbocycles. The summed E-state index contributed by atoms with van der Waals surface area (Å²) in [6.45, 7) is 0.518. The maximum atomic E-state index is 12.8. The molecule has 0 radical (unpaired) electrons. The van der Waals surface area contributed by atoms with Crippen LogP contribution in [-0.2, 0) is 11.3 Å². The molecule has 1 fully saturated rings.